The van der Waals surface area contributed by atoms with Crippen LogP contribution in [0, 0.1) is 13.8 Å². The Bertz CT molecular complexity index is 599. The van der Waals surface area contributed by atoms with Gasteiger partial charge in [0.1, 0.15) is 0 Å². The predicted octanol–water partition coefficient (Wildman–Crippen LogP) is 8.81. The van der Waals surface area contributed by atoms with Crippen molar-refractivity contribution in [3.8, 4) is 0 Å². The zero-order valence-corrected chi connectivity index (χ0v) is 19.4. The van der Waals surface area contributed by atoms with Gasteiger partial charge in [0.15, 0.2) is 0 Å². The second-order valence-corrected chi connectivity index (χ2v) is 4.70. The van der Waals surface area contributed by atoms with Gasteiger partial charge in [0.25, 0.3) is 0 Å². The van der Waals surface area contributed by atoms with Crippen LogP contribution in [0.5, 0.6) is 0 Å². The lowest BCUT2D eigenvalue weighted by Gasteiger charge is -2.17. The van der Waals surface area contributed by atoms with Crippen molar-refractivity contribution >= 4 is 36.9 Å². The molecule has 0 saturated carbocycles. The zero-order valence-electron chi connectivity index (χ0n) is 18.5. The molecule has 146 valence electrons. The highest BCUT2D eigenvalue weighted by molar-refractivity contribution is 7.79. The Hall–Kier alpha value is -1.73. The maximum absolute atomic E-state index is 3.98. The van der Waals surface area contributed by atoms with Crippen LogP contribution >= 0.6 is 12.6 Å². The Kier molecular flexibility index (Phi) is 21.9. The number of allylic oxidation sites excluding steroid dienone is 4. The molecule has 0 fully saturated rings. The molecule has 0 aliphatic heterocycles. The normalized spacial score (nSPS) is 9.77. The summed E-state index contributed by atoms with van der Waals surface area (Å²) in [4.78, 5) is 0. The third-order valence-corrected chi connectivity index (χ3v) is 3.47. The van der Waals surface area contributed by atoms with Crippen LogP contribution in [-0.4, -0.2) is 6.26 Å². The highest BCUT2D eigenvalue weighted by atomic mass is 32.1. The maximum atomic E-state index is 3.98. The van der Waals surface area contributed by atoms with Gasteiger partial charge in [-0.25, -0.2) is 0 Å². The molecule has 0 bridgehead atoms. The van der Waals surface area contributed by atoms with Crippen LogP contribution in [0.4, 0.5) is 0 Å². The Morgan fingerprint density at radius 2 is 1.00 bits per heavy atom. The van der Waals surface area contributed by atoms with E-state index in [9.17, 15) is 0 Å². The summed E-state index contributed by atoms with van der Waals surface area (Å²) in [6.07, 6.45) is 18.0. The van der Waals surface area contributed by atoms with Crippen molar-refractivity contribution in [3.63, 3.8) is 0 Å². The average Bonchev–Trinajstić information content (AvgIpc) is 2.70. The molecule has 0 aliphatic carbocycles. The Morgan fingerprint density at radius 3 is 1.35 bits per heavy atom. The Labute approximate surface area is 169 Å². The van der Waals surface area contributed by atoms with Gasteiger partial charge >= 0.3 is 0 Å². The fourth-order valence-electron chi connectivity index (χ4n) is 2.50. The van der Waals surface area contributed by atoms with Crippen LogP contribution in [0.25, 0.3) is 24.3 Å². The van der Waals surface area contributed by atoms with E-state index in [2.05, 4.69) is 70.0 Å². The first kappa shape index (κ1) is 29.0. The number of hydrogen-bond acceptors (Lipinski definition) is 1. The van der Waals surface area contributed by atoms with E-state index in [0.717, 1.165) is 0 Å². The van der Waals surface area contributed by atoms with Gasteiger partial charge in [-0.1, -0.05) is 89.5 Å². The van der Waals surface area contributed by atoms with Crippen LogP contribution in [0.3, 0.4) is 0 Å². The molecule has 0 aliphatic rings. The molecular formula is C25H40S. The lowest BCUT2D eigenvalue weighted by Crippen LogP contribution is -1.99. The van der Waals surface area contributed by atoms with Gasteiger partial charge in [0, 0.05) is 0 Å². The first-order valence-corrected chi connectivity index (χ1v) is 10.3. The summed E-state index contributed by atoms with van der Waals surface area (Å²) >= 11 is 3.53. The van der Waals surface area contributed by atoms with Crippen LogP contribution in [0.2, 0.25) is 0 Å². The number of benzene rings is 1. The largest absolute Gasteiger partial charge is 0.183 e. The monoisotopic (exact) mass is 372 g/mol. The minimum atomic E-state index is 1.21. The third kappa shape index (κ3) is 8.58. The minimum Gasteiger partial charge on any atom is -0.183 e. The summed E-state index contributed by atoms with van der Waals surface area (Å²) in [5.41, 5.74) is 7.50. The molecule has 0 heterocycles. The standard InChI is InChI=1S/C20H24.2C2H6.CH4S/c1-7-11-14-20-15(5)17(10-4)18(12-8-2)16(6)19(20)13-9-3;3*1-2/h7-14H,1,4H2,2-3,5-6H3;2*1-2H3;2H,1H3/b12-8-,13-9-,14-11-;;;. The molecule has 1 aromatic carbocycles. The fourth-order valence-corrected chi connectivity index (χ4v) is 2.50. The molecule has 26 heavy (non-hydrogen) atoms. The molecule has 0 spiro atoms. The Balaban J connectivity index is -0.000000795. The van der Waals surface area contributed by atoms with E-state index in [1.54, 1.807) is 6.26 Å². The second kappa shape index (κ2) is 19.6. The topological polar surface area (TPSA) is 0 Å². The highest BCUT2D eigenvalue weighted by Gasteiger charge is 2.13. The number of hydrogen-bond donors (Lipinski definition) is 1. The van der Waals surface area contributed by atoms with Gasteiger partial charge in [0.2, 0.25) is 0 Å². The SMILES string of the molecule is C=C/C=C\c1c(C)c(C=C)c(/C=C\C)c(C)c1/C=C\C.CC.CC.CS. The molecule has 0 atom stereocenters. The molecule has 0 N–H and O–H groups in total. The summed E-state index contributed by atoms with van der Waals surface area (Å²) in [5.74, 6) is 0. The first-order chi connectivity index (χ1) is 12.6. The van der Waals surface area contributed by atoms with E-state index in [0.29, 0.717) is 0 Å². The fraction of sp³-hybridized carbons (Fsp3) is 0.360. The smallest absolute Gasteiger partial charge is 0.0146 e. The van der Waals surface area contributed by atoms with E-state index >= 15 is 0 Å². The summed E-state index contributed by atoms with van der Waals surface area (Å²) in [6, 6.07) is 0. The van der Waals surface area contributed by atoms with Gasteiger partial charge in [-0.05, 0) is 67.3 Å². The molecule has 1 rings (SSSR count). The van der Waals surface area contributed by atoms with E-state index in [-0.39, 0.29) is 0 Å². The third-order valence-electron chi connectivity index (χ3n) is 3.47. The van der Waals surface area contributed by atoms with Gasteiger partial charge in [-0.2, -0.15) is 12.6 Å². The number of rotatable bonds is 5. The molecule has 0 radical (unpaired) electrons. The molecule has 0 unspecified atom stereocenters. The van der Waals surface area contributed by atoms with Crippen molar-refractivity contribution < 1.29 is 0 Å². The van der Waals surface area contributed by atoms with Crippen molar-refractivity contribution in [1.29, 1.82) is 0 Å². The van der Waals surface area contributed by atoms with Gasteiger partial charge in [0.05, 0.1) is 0 Å². The van der Waals surface area contributed by atoms with Gasteiger partial charge < -0.3 is 0 Å². The van der Waals surface area contributed by atoms with Crippen LogP contribution in [0.1, 0.15) is 74.9 Å². The van der Waals surface area contributed by atoms with Gasteiger partial charge in [-0.15, -0.1) is 0 Å². The summed E-state index contributed by atoms with van der Waals surface area (Å²) in [5, 5.41) is 0. The molecule has 0 aromatic heterocycles. The quantitative estimate of drug-likeness (QED) is 0.387. The van der Waals surface area contributed by atoms with E-state index in [1.165, 1.54) is 33.4 Å². The molecule has 0 nitrogen and oxygen atoms in total. The first-order valence-electron chi connectivity index (χ1n) is 9.41. The molecular weight excluding hydrogens is 332 g/mol. The highest BCUT2D eigenvalue weighted by Crippen LogP contribution is 2.31. The van der Waals surface area contributed by atoms with Crippen molar-refractivity contribution in [2.45, 2.75) is 55.4 Å². The van der Waals surface area contributed by atoms with Crippen LogP contribution < -0.4 is 0 Å². The van der Waals surface area contributed by atoms with Crippen LogP contribution in [0.15, 0.2) is 37.5 Å². The minimum absolute atomic E-state index is 1.21. The maximum Gasteiger partial charge on any atom is -0.0146 e. The average molecular weight is 373 g/mol. The van der Waals surface area contributed by atoms with E-state index in [4.69, 9.17) is 0 Å². The molecule has 0 saturated heterocycles. The molecule has 1 aromatic rings. The lowest BCUT2D eigenvalue weighted by atomic mass is 9.87. The van der Waals surface area contributed by atoms with Crippen molar-refractivity contribution in [3.05, 3.63) is 70.8 Å². The van der Waals surface area contributed by atoms with E-state index < -0.39 is 0 Å². The molecule has 1 heteroatoms. The predicted molar refractivity (Wildman–Crippen MR) is 132 cm³/mol. The zero-order chi connectivity index (χ0) is 21.1. The van der Waals surface area contributed by atoms with E-state index in [1.807, 2.05) is 59.8 Å². The molecule has 0 amide bonds. The van der Waals surface area contributed by atoms with Crippen molar-refractivity contribution in [2.75, 3.05) is 6.26 Å². The summed E-state index contributed by atoms with van der Waals surface area (Å²) < 4.78 is 0. The Morgan fingerprint density at radius 1 is 0.654 bits per heavy atom. The second-order valence-electron chi connectivity index (χ2n) is 4.70. The van der Waals surface area contributed by atoms with Crippen molar-refractivity contribution in [1.82, 2.24) is 0 Å². The summed E-state index contributed by atoms with van der Waals surface area (Å²) in [7, 11) is 0. The summed E-state index contributed by atoms with van der Waals surface area (Å²) in [6.45, 7) is 24.1. The lowest BCUT2D eigenvalue weighted by molar-refractivity contribution is 1.31. The number of thiol groups is 1. The van der Waals surface area contributed by atoms with Crippen LogP contribution in [-0.2, 0) is 0 Å². The van der Waals surface area contributed by atoms with Crippen molar-refractivity contribution in [2.24, 2.45) is 0 Å². The van der Waals surface area contributed by atoms with Gasteiger partial charge in [-0.3, -0.25) is 0 Å².